The molecule has 0 aliphatic carbocycles. The van der Waals surface area contributed by atoms with Gasteiger partial charge in [-0.25, -0.2) is 5.43 Å². The Morgan fingerprint density at radius 1 is 1.10 bits per heavy atom. The molecule has 0 bridgehead atoms. The van der Waals surface area contributed by atoms with Crippen molar-refractivity contribution in [3.63, 3.8) is 0 Å². The van der Waals surface area contributed by atoms with Gasteiger partial charge in [-0.05, 0) is 47.7 Å². The van der Waals surface area contributed by atoms with E-state index in [-0.39, 0.29) is 17.9 Å². The Kier molecular flexibility index (Phi) is 8.10. The predicted octanol–water partition coefficient (Wildman–Crippen LogP) is 1.34. The third-order valence-electron chi connectivity index (χ3n) is 4.21. The zero-order valence-electron chi connectivity index (χ0n) is 17.1. The first-order valence-corrected chi connectivity index (χ1v) is 9.50. The zero-order valence-corrected chi connectivity index (χ0v) is 17.1. The number of nitrogens with one attached hydrogen (secondary N) is 2. The van der Waals surface area contributed by atoms with Crippen LogP contribution in [0.25, 0.3) is 0 Å². The van der Waals surface area contributed by atoms with Crippen molar-refractivity contribution in [1.29, 1.82) is 0 Å². The number of hydrazone groups is 1. The third-order valence-corrected chi connectivity index (χ3v) is 4.21. The van der Waals surface area contributed by atoms with E-state index in [1.54, 1.807) is 13.0 Å². The van der Waals surface area contributed by atoms with Crippen LogP contribution in [0.3, 0.4) is 0 Å². The highest BCUT2D eigenvalue weighted by molar-refractivity contribution is 6.35. The molecule has 8 nitrogen and oxygen atoms in total. The molecular formula is C22H24N3O5-. The molecule has 0 heterocycles. The minimum Gasteiger partial charge on any atom is -0.545 e. The lowest BCUT2D eigenvalue weighted by atomic mass is 10.0. The number of nitrogens with zero attached hydrogens (tertiary/aromatic N) is 1. The van der Waals surface area contributed by atoms with Crippen molar-refractivity contribution in [2.45, 2.75) is 33.2 Å². The summed E-state index contributed by atoms with van der Waals surface area (Å²) in [7, 11) is 0. The molecule has 0 radical (unpaired) electrons. The summed E-state index contributed by atoms with van der Waals surface area (Å²) in [4.78, 5) is 34.9. The van der Waals surface area contributed by atoms with E-state index in [1.807, 2.05) is 24.3 Å². The fraction of sp³-hybridized carbons (Fsp3) is 0.273. The number of carboxylic acid groups (broad SMARTS) is 1. The maximum Gasteiger partial charge on any atom is 0.329 e. The Labute approximate surface area is 174 Å². The molecule has 2 amide bonds. The quantitative estimate of drug-likeness (QED) is 0.387. The largest absolute Gasteiger partial charge is 0.545 e. The number of amides is 2. The van der Waals surface area contributed by atoms with Crippen molar-refractivity contribution in [3.05, 3.63) is 64.7 Å². The molecule has 30 heavy (non-hydrogen) atoms. The molecule has 0 aliphatic heterocycles. The summed E-state index contributed by atoms with van der Waals surface area (Å²) in [5.74, 6) is -2.56. The van der Waals surface area contributed by atoms with Crippen molar-refractivity contribution in [1.82, 2.24) is 10.7 Å². The highest BCUT2D eigenvalue weighted by Crippen LogP contribution is 2.19. The summed E-state index contributed by atoms with van der Waals surface area (Å²) in [6.07, 6.45) is 1.22. The molecule has 0 fully saturated rings. The lowest BCUT2D eigenvalue weighted by Gasteiger charge is -2.11. The molecule has 0 aromatic heterocycles. The van der Waals surface area contributed by atoms with Crippen LogP contribution in [0.5, 0.6) is 5.75 Å². The van der Waals surface area contributed by atoms with E-state index in [0.717, 1.165) is 5.56 Å². The Balaban J connectivity index is 1.89. The molecule has 2 N–H and O–H groups in total. The van der Waals surface area contributed by atoms with E-state index in [9.17, 15) is 19.5 Å². The predicted molar refractivity (Wildman–Crippen MR) is 110 cm³/mol. The minimum absolute atomic E-state index is 0.131. The number of hydrogen-bond donors (Lipinski definition) is 2. The molecule has 0 unspecified atom stereocenters. The number of carbonyl (C=O) groups excluding carboxylic acids is 3. The maximum atomic E-state index is 11.9. The molecule has 2 rings (SSSR count). The molecule has 0 atom stereocenters. The average Bonchev–Trinajstić information content (AvgIpc) is 2.73. The van der Waals surface area contributed by atoms with Crippen LogP contribution in [0, 0.1) is 0 Å². The Hall–Kier alpha value is -3.68. The standard InChI is InChI=1S/C22H25N3O5/c1-4-30-19-10-7-16(11-18(19)22(28)29)13-24-25-21(27)20(26)23-12-15-5-8-17(9-6-15)14(2)3/h5-11,13-14H,4,12H2,1-3H3,(H,23,26)(H,25,27)(H,28,29)/p-1/b24-13-. The van der Waals surface area contributed by atoms with Gasteiger partial charge in [-0.1, -0.05) is 38.1 Å². The molecule has 2 aromatic rings. The minimum atomic E-state index is -1.39. The van der Waals surface area contributed by atoms with Crippen LogP contribution in [0.1, 0.15) is 53.7 Å². The van der Waals surface area contributed by atoms with Crippen molar-refractivity contribution in [3.8, 4) is 5.75 Å². The molecular weight excluding hydrogens is 386 g/mol. The van der Waals surface area contributed by atoms with Gasteiger partial charge in [0.15, 0.2) is 0 Å². The summed E-state index contributed by atoms with van der Waals surface area (Å²) >= 11 is 0. The lowest BCUT2D eigenvalue weighted by Crippen LogP contribution is -2.37. The van der Waals surface area contributed by atoms with Crippen molar-refractivity contribution in [2.24, 2.45) is 5.10 Å². The summed E-state index contributed by atoms with van der Waals surface area (Å²) in [6, 6.07) is 12.1. The van der Waals surface area contributed by atoms with Crippen LogP contribution < -0.4 is 20.6 Å². The third kappa shape index (κ3) is 6.44. The van der Waals surface area contributed by atoms with E-state index in [0.29, 0.717) is 18.1 Å². The molecule has 0 aliphatic rings. The van der Waals surface area contributed by atoms with E-state index < -0.39 is 17.8 Å². The highest BCUT2D eigenvalue weighted by Gasteiger charge is 2.12. The van der Waals surface area contributed by atoms with Crippen LogP contribution >= 0.6 is 0 Å². The van der Waals surface area contributed by atoms with Gasteiger partial charge in [0.1, 0.15) is 5.75 Å². The lowest BCUT2D eigenvalue weighted by molar-refractivity contribution is -0.255. The second-order valence-electron chi connectivity index (χ2n) is 6.75. The number of carbonyl (C=O) groups is 3. The molecule has 8 heteroatoms. The van der Waals surface area contributed by atoms with Crippen molar-refractivity contribution in [2.75, 3.05) is 6.61 Å². The number of rotatable bonds is 8. The Bertz CT molecular complexity index is 936. The molecule has 0 spiro atoms. The van der Waals surface area contributed by atoms with E-state index in [1.165, 1.54) is 23.9 Å². The van der Waals surface area contributed by atoms with E-state index in [2.05, 4.69) is 29.7 Å². The molecule has 0 saturated carbocycles. The van der Waals surface area contributed by atoms with Crippen LogP contribution in [0.2, 0.25) is 0 Å². The van der Waals surface area contributed by atoms with Gasteiger partial charge < -0.3 is 20.0 Å². The first-order chi connectivity index (χ1) is 14.3. The first kappa shape index (κ1) is 22.6. The van der Waals surface area contributed by atoms with Gasteiger partial charge in [0.25, 0.3) is 0 Å². The van der Waals surface area contributed by atoms with Gasteiger partial charge in [-0.15, -0.1) is 0 Å². The van der Waals surface area contributed by atoms with Gasteiger partial charge in [-0.3, -0.25) is 9.59 Å². The second kappa shape index (κ2) is 10.8. The topological polar surface area (TPSA) is 120 Å². The van der Waals surface area contributed by atoms with Crippen LogP contribution in [0.4, 0.5) is 0 Å². The van der Waals surface area contributed by atoms with Crippen molar-refractivity contribution < 1.29 is 24.2 Å². The number of carboxylic acids is 1. The van der Waals surface area contributed by atoms with Crippen molar-refractivity contribution >= 4 is 24.0 Å². The second-order valence-corrected chi connectivity index (χ2v) is 6.75. The normalized spacial score (nSPS) is 10.8. The van der Waals surface area contributed by atoms with Crippen LogP contribution in [0.15, 0.2) is 47.6 Å². The average molecular weight is 410 g/mol. The summed E-state index contributed by atoms with van der Waals surface area (Å²) in [5.41, 5.74) is 4.42. The summed E-state index contributed by atoms with van der Waals surface area (Å²) in [5, 5.41) is 17.4. The number of benzene rings is 2. The first-order valence-electron chi connectivity index (χ1n) is 9.50. The molecule has 0 saturated heterocycles. The highest BCUT2D eigenvalue weighted by atomic mass is 16.5. The van der Waals surface area contributed by atoms with Gasteiger partial charge in [0.2, 0.25) is 0 Å². The van der Waals surface area contributed by atoms with Crippen LogP contribution in [-0.4, -0.2) is 30.6 Å². The number of ether oxygens (including phenoxy) is 1. The number of hydrogen-bond acceptors (Lipinski definition) is 6. The van der Waals surface area contributed by atoms with Gasteiger partial charge in [0.05, 0.1) is 18.8 Å². The monoisotopic (exact) mass is 410 g/mol. The van der Waals surface area contributed by atoms with Crippen LogP contribution in [-0.2, 0) is 16.1 Å². The summed E-state index contributed by atoms with van der Waals surface area (Å²) in [6.45, 7) is 6.43. The fourth-order valence-electron chi connectivity index (χ4n) is 2.57. The Morgan fingerprint density at radius 3 is 2.40 bits per heavy atom. The molecule has 2 aromatic carbocycles. The fourth-order valence-corrected chi connectivity index (χ4v) is 2.57. The smallest absolute Gasteiger partial charge is 0.329 e. The SMILES string of the molecule is CCOc1ccc(/C=N\NC(=O)C(=O)NCc2ccc(C(C)C)cc2)cc1C(=O)[O-]. The zero-order chi connectivity index (χ0) is 22.1. The number of aromatic carboxylic acids is 1. The van der Waals surface area contributed by atoms with Gasteiger partial charge >= 0.3 is 11.8 Å². The molecule has 158 valence electrons. The van der Waals surface area contributed by atoms with E-state index >= 15 is 0 Å². The Morgan fingerprint density at radius 2 is 1.80 bits per heavy atom. The maximum absolute atomic E-state index is 11.9. The summed E-state index contributed by atoms with van der Waals surface area (Å²) < 4.78 is 5.22. The van der Waals surface area contributed by atoms with E-state index in [4.69, 9.17) is 4.74 Å². The van der Waals surface area contributed by atoms with Gasteiger partial charge in [0, 0.05) is 12.1 Å². The van der Waals surface area contributed by atoms with Gasteiger partial charge in [-0.2, -0.15) is 5.10 Å².